The number of amides is 1. The van der Waals surface area contributed by atoms with Crippen molar-refractivity contribution < 1.29 is 14.6 Å². The normalized spacial score (nSPS) is 15.0. The molecule has 3 rings (SSSR count). The highest BCUT2D eigenvalue weighted by Gasteiger charge is 2.29. The number of nitrogens with two attached hydrogens (primary N) is 1. The molecule has 2 heterocycles. The molecule has 3 N–H and O–H groups in total. The number of benzene rings is 1. The molecule has 0 aliphatic carbocycles. The Morgan fingerprint density at radius 3 is 2.57 bits per heavy atom. The zero-order valence-electron chi connectivity index (χ0n) is 19.8. The average Bonchev–Trinajstić information content (AvgIpc) is 3.11. The standard InChI is InChI=1S/C25H30N6O3S/c1-2-15-34-21-19(16-26)24(31-10-6-9-30(11-12-31)13-14-32)29-25(20(21)17-27)35-22(23(28)33)18-7-4-3-5-8-18/h3-5,7-8,22,32H,2,6,9-15H2,1H3,(H2,28,33). The summed E-state index contributed by atoms with van der Waals surface area (Å²) < 4.78 is 5.93. The molecule has 1 fully saturated rings. The number of pyridine rings is 1. The fraction of sp³-hybridized carbons (Fsp3) is 0.440. The lowest BCUT2D eigenvalue weighted by atomic mass is 10.1. The summed E-state index contributed by atoms with van der Waals surface area (Å²) >= 11 is 1.09. The molecular formula is C25H30N6O3S. The van der Waals surface area contributed by atoms with E-state index in [1.54, 1.807) is 12.1 Å². The highest BCUT2D eigenvalue weighted by atomic mass is 32.2. The molecule has 184 valence electrons. The van der Waals surface area contributed by atoms with Gasteiger partial charge >= 0.3 is 0 Å². The van der Waals surface area contributed by atoms with Crippen LogP contribution in [0.3, 0.4) is 0 Å². The van der Waals surface area contributed by atoms with E-state index in [1.165, 1.54) is 0 Å². The lowest BCUT2D eigenvalue weighted by Gasteiger charge is -2.26. The second-order valence-electron chi connectivity index (χ2n) is 8.11. The average molecular weight is 495 g/mol. The van der Waals surface area contributed by atoms with Crippen molar-refractivity contribution in [1.29, 1.82) is 10.5 Å². The number of aromatic nitrogens is 1. The van der Waals surface area contributed by atoms with Crippen LogP contribution in [0, 0.1) is 22.7 Å². The zero-order chi connectivity index (χ0) is 25.2. The van der Waals surface area contributed by atoms with Crippen molar-refractivity contribution in [2.45, 2.75) is 30.0 Å². The second-order valence-corrected chi connectivity index (χ2v) is 9.20. The highest BCUT2D eigenvalue weighted by molar-refractivity contribution is 8.00. The van der Waals surface area contributed by atoms with Gasteiger partial charge < -0.3 is 20.5 Å². The van der Waals surface area contributed by atoms with Crippen LogP contribution in [-0.4, -0.2) is 66.8 Å². The Bertz CT molecular complexity index is 1100. The van der Waals surface area contributed by atoms with Gasteiger partial charge in [0.25, 0.3) is 0 Å². The number of rotatable bonds is 10. The van der Waals surface area contributed by atoms with Crippen molar-refractivity contribution in [2.24, 2.45) is 5.73 Å². The highest BCUT2D eigenvalue weighted by Crippen LogP contribution is 2.42. The summed E-state index contributed by atoms with van der Waals surface area (Å²) in [5, 5.41) is 28.9. The number of nitriles is 2. The van der Waals surface area contributed by atoms with Crippen LogP contribution in [-0.2, 0) is 4.79 Å². The van der Waals surface area contributed by atoms with Crippen LogP contribution in [0.2, 0.25) is 0 Å². The van der Waals surface area contributed by atoms with E-state index < -0.39 is 11.2 Å². The maximum Gasteiger partial charge on any atom is 0.235 e. The number of ether oxygens (including phenoxy) is 1. The molecule has 1 amide bonds. The van der Waals surface area contributed by atoms with Gasteiger partial charge in [-0.15, -0.1) is 0 Å². The van der Waals surface area contributed by atoms with Crippen LogP contribution in [0.4, 0.5) is 5.82 Å². The summed E-state index contributed by atoms with van der Waals surface area (Å²) in [6.45, 7) is 5.74. The van der Waals surface area contributed by atoms with Crippen molar-refractivity contribution in [3.05, 3.63) is 47.0 Å². The minimum Gasteiger partial charge on any atom is -0.491 e. The number of carbonyl (C=O) groups excluding carboxylic acids is 1. The SMILES string of the molecule is CCCOc1c(C#N)c(SC(C(N)=O)c2ccccc2)nc(N2CCCN(CCO)CC2)c1C#N. The summed E-state index contributed by atoms with van der Waals surface area (Å²) in [5.74, 6) is 0.0718. The number of primary amides is 1. The van der Waals surface area contributed by atoms with Crippen LogP contribution < -0.4 is 15.4 Å². The Morgan fingerprint density at radius 1 is 1.20 bits per heavy atom. The predicted molar refractivity (Wildman–Crippen MR) is 134 cm³/mol. The second kappa shape index (κ2) is 13.0. The van der Waals surface area contributed by atoms with Gasteiger partial charge in [-0.1, -0.05) is 49.0 Å². The summed E-state index contributed by atoms with van der Waals surface area (Å²) in [5.41, 5.74) is 6.78. The van der Waals surface area contributed by atoms with Gasteiger partial charge in [-0.3, -0.25) is 9.69 Å². The van der Waals surface area contributed by atoms with Crippen molar-refractivity contribution >= 4 is 23.5 Å². The molecule has 2 aromatic rings. The maximum atomic E-state index is 12.4. The monoisotopic (exact) mass is 494 g/mol. The van der Waals surface area contributed by atoms with E-state index in [-0.39, 0.29) is 23.5 Å². The Labute approximate surface area is 210 Å². The molecule has 1 aromatic heterocycles. The first-order valence-corrected chi connectivity index (χ1v) is 12.5. The van der Waals surface area contributed by atoms with Crippen molar-refractivity contribution in [2.75, 3.05) is 50.8 Å². The van der Waals surface area contributed by atoms with Crippen LogP contribution in [0.25, 0.3) is 0 Å². The number of carbonyl (C=O) groups is 1. The van der Waals surface area contributed by atoms with Gasteiger partial charge in [0, 0.05) is 26.2 Å². The van der Waals surface area contributed by atoms with Gasteiger partial charge in [0.05, 0.1) is 13.2 Å². The summed E-state index contributed by atoms with van der Waals surface area (Å²) in [6.07, 6.45) is 1.53. The smallest absolute Gasteiger partial charge is 0.235 e. The van der Waals surface area contributed by atoms with Crippen molar-refractivity contribution in [1.82, 2.24) is 9.88 Å². The van der Waals surface area contributed by atoms with Crippen molar-refractivity contribution in [3.8, 4) is 17.9 Å². The third-order valence-corrected chi connectivity index (χ3v) is 6.93. The van der Waals surface area contributed by atoms with Crippen LogP contribution in [0.5, 0.6) is 5.75 Å². The first-order valence-electron chi connectivity index (χ1n) is 11.6. The fourth-order valence-electron chi connectivity index (χ4n) is 3.97. The number of hydrogen-bond donors (Lipinski definition) is 2. The number of anilines is 1. The van der Waals surface area contributed by atoms with E-state index in [2.05, 4.69) is 17.0 Å². The van der Waals surface area contributed by atoms with Crippen molar-refractivity contribution in [3.63, 3.8) is 0 Å². The Morgan fingerprint density at radius 2 is 1.94 bits per heavy atom. The Balaban J connectivity index is 2.10. The molecule has 35 heavy (non-hydrogen) atoms. The van der Waals surface area contributed by atoms with Gasteiger partial charge in [0.2, 0.25) is 5.91 Å². The molecule has 1 aliphatic rings. The van der Waals surface area contributed by atoms with Crippen LogP contribution in [0.15, 0.2) is 35.4 Å². The van der Waals surface area contributed by atoms with E-state index >= 15 is 0 Å². The predicted octanol–water partition coefficient (Wildman–Crippen LogP) is 2.44. The number of β-amino-alcohol motifs (C(OH)–C–C–N with tert-alkyl or cyclic N) is 1. The first kappa shape index (κ1) is 26.3. The molecule has 1 saturated heterocycles. The lowest BCUT2D eigenvalue weighted by Crippen LogP contribution is -2.33. The van der Waals surface area contributed by atoms with Crippen LogP contribution in [0.1, 0.15) is 41.7 Å². The van der Waals surface area contributed by atoms with E-state index in [4.69, 9.17) is 15.5 Å². The quantitative estimate of drug-likeness (QED) is 0.477. The number of aliphatic hydroxyl groups is 1. The van der Waals surface area contributed by atoms with E-state index in [0.29, 0.717) is 55.6 Å². The molecule has 0 spiro atoms. The zero-order valence-corrected chi connectivity index (χ0v) is 20.6. The van der Waals surface area contributed by atoms with E-state index in [9.17, 15) is 20.4 Å². The lowest BCUT2D eigenvalue weighted by molar-refractivity contribution is -0.117. The van der Waals surface area contributed by atoms with Gasteiger partial charge in [-0.2, -0.15) is 10.5 Å². The minimum atomic E-state index is -0.764. The number of aliphatic hydroxyl groups excluding tert-OH is 1. The Hall–Kier alpha value is -3.31. The number of thioether (sulfide) groups is 1. The van der Waals surface area contributed by atoms with E-state index in [0.717, 1.165) is 24.7 Å². The summed E-state index contributed by atoms with van der Waals surface area (Å²) in [4.78, 5) is 21.3. The topological polar surface area (TPSA) is 139 Å². The molecule has 1 unspecified atom stereocenters. The van der Waals surface area contributed by atoms with Gasteiger partial charge in [0.1, 0.15) is 33.5 Å². The summed E-state index contributed by atoms with van der Waals surface area (Å²) in [6, 6.07) is 13.4. The fourth-order valence-corrected chi connectivity index (χ4v) is 5.00. The molecule has 9 nitrogen and oxygen atoms in total. The molecule has 1 aliphatic heterocycles. The molecule has 0 radical (unpaired) electrons. The van der Waals surface area contributed by atoms with Gasteiger partial charge in [0.15, 0.2) is 11.6 Å². The first-order chi connectivity index (χ1) is 17.0. The molecule has 10 heteroatoms. The molecule has 1 atom stereocenters. The Kier molecular flexibility index (Phi) is 9.74. The minimum absolute atomic E-state index is 0.0857. The number of nitrogens with zero attached hydrogens (tertiary/aromatic N) is 5. The van der Waals surface area contributed by atoms with E-state index in [1.807, 2.05) is 30.0 Å². The summed E-state index contributed by atoms with van der Waals surface area (Å²) in [7, 11) is 0. The molecule has 0 bridgehead atoms. The van der Waals surface area contributed by atoms with Gasteiger partial charge in [-0.05, 0) is 24.9 Å². The molecule has 1 aromatic carbocycles. The largest absolute Gasteiger partial charge is 0.491 e. The number of hydrogen-bond acceptors (Lipinski definition) is 9. The van der Waals surface area contributed by atoms with Gasteiger partial charge in [-0.25, -0.2) is 4.98 Å². The third-order valence-electron chi connectivity index (χ3n) is 5.67. The van der Waals surface area contributed by atoms with Crippen LogP contribution >= 0.6 is 11.8 Å². The maximum absolute atomic E-state index is 12.4. The molecule has 0 saturated carbocycles. The molecular weight excluding hydrogens is 464 g/mol. The third kappa shape index (κ3) is 6.43.